The molecular weight excluding hydrogens is 241 g/mol. The number of nitrogens with zero attached hydrogens (tertiary/aromatic N) is 2. The molecule has 4 heteroatoms. The zero-order chi connectivity index (χ0) is 13.8. The number of hydrogen-bond donors (Lipinski definition) is 1. The lowest BCUT2D eigenvalue weighted by Crippen LogP contribution is -2.24. The Balaban J connectivity index is 2.45. The van der Waals surface area contributed by atoms with Crippen LogP contribution in [0, 0.1) is 19.7 Å². The van der Waals surface area contributed by atoms with Gasteiger partial charge >= 0.3 is 0 Å². The number of halogens is 1. The number of aryl methyl sites for hydroxylation is 2. The van der Waals surface area contributed by atoms with Gasteiger partial charge in [-0.25, -0.2) is 4.39 Å². The highest BCUT2D eigenvalue weighted by molar-refractivity contribution is 5.32. The van der Waals surface area contributed by atoms with E-state index < -0.39 is 0 Å². The van der Waals surface area contributed by atoms with Crippen LogP contribution in [0.3, 0.4) is 0 Å². The van der Waals surface area contributed by atoms with Gasteiger partial charge in [-0.05, 0) is 43.1 Å². The van der Waals surface area contributed by atoms with Crippen LogP contribution >= 0.6 is 0 Å². The van der Waals surface area contributed by atoms with Crippen molar-refractivity contribution in [3.8, 4) is 0 Å². The predicted molar refractivity (Wildman–Crippen MR) is 73.4 cm³/mol. The number of rotatable bonds is 4. The van der Waals surface area contributed by atoms with E-state index in [-0.39, 0.29) is 11.9 Å². The van der Waals surface area contributed by atoms with E-state index in [9.17, 15) is 4.39 Å². The van der Waals surface area contributed by atoms with E-state index >= 15 is 0 Å². The summed E-state index contributed by atoms with van der Waals surface area (Å²) in [6.07, 6.45) is 4.72. The molecule has 0 fully saturated rings. The van der Waals surface area contributed by atoms with Crippen LogP contribution in [0.2, 0.25) is 0 Å². The summed E-state index contributed by atoms with van der Waals surface area (Å²) in [6, 6.07) is 3.45. The van der Waals surface area contributed by atoms with Gasteiger partial charge in [0.15, 0.2) is 0 Å². The fourth-order valence-electron chi connectivity index (χ4n) is 2.19. The molecule has 2 rings (SSSR count). The smallest absolute Gasteiger partial charge is 0.141 e. The van der Waals surface area contributed by atoms with Gasteiger partial charge in [-0.15, -0.1) is 0 Å². The van der Waals surface area contributed by atoms with Crippen LogP contribution in [0.25, 0.3) is 0 Å². The van der Waals surface area contributed by atoms with Crippen molar-refractivity contribution in [2.45, 2.75) is 26.8 Å². The molecule has 0 spiro atoms. The lowest BCUT2D eigenvalue weighted by molar-refractivity contribution is 0.587. The summed E-state index contributed by atoms with van der Waals surface area (Å²) in [4.78, 5) is 8.41. The topological polar surface area (TPSA) is 37.8 Å². The van der Waals surface area contributed by atoms with Gasteiger partial charge < -0.3 is 5.32 Å². The van der Waals surface area contributed by atoms with Crippen LogP contribution in [-0.2, 0) is 0 Å². The minimum Gasteiger partial charge on any atom is -0.305 e. The number of nitrogens with one attached hydrogen (secondary N) is 1. The van der Waals surface area contributed by atoms with Crippen LogP contribution in [0.15, 0.2) is 30.7 Å². The molecule has 1 atom stereocenters. The summed E-state index contributed by atoms with van der Waals surface area (Å²) in [6.45, 7) is 6.82. The van der Waals surface area contributed by atoms with Gasteiger partial charge in [0, 0.05) is 12.4 Å². The zero-order valence-electron chi connectivity index (χ0n) is 11.4. The maximum atomic E-state index is 13.3. The predicted octanol–water partition coefficient (Wildman–Crippen LogP) is 2.93. The van der Waals surface area contributed by atoms with Crippen molar-refractivity contribution in [1.82, 2.24) is 15.3 Å². The molecule has 0 bridgehead atoms. The van der Waals surface area contributed by atoms with E-state index in [1.54, 1.807) is 6.20 Å². The van der Waals surface area contributed by atoms with Gasteiger partial charge in [-0.1, -0.05) is 13.0 Å². The van der Waals surface area contributed by atoms with Gasteiger partial charge in [0.25, 0.3) is 0 Å². The molecule has 1 unspecified atom stereocenters. The van der Waals surface area contributed by atoms with E-state index in [4.69, 9.17) is 0 Å². The summed E-state index contributed by atoms with van der Waals surface area (Å²) in [7, 11) is 0. The maximum absolute atomic E-state index is 13.3. The highest BCUT2D eigenvalue weighted by atomic mass is 19.1. The van der Waals surface area contributed by atoms with Crippen molar-refractivity contribution in [2.75, 3.05) is 6.54 Å². The SMILES string of the molecule is CCNC(c1cncc(F)c1)c1ncc(C)cc1C. The lowest BCUT2D eigenvalue weighted by atomic mass is 10.0. The summed E-state index contributed by atoms with van der Waals surface area (Å²) >= 11 is 0. The third-order valence-corrected chi connectivity index (χ3v) is 3.00. The van der Waals surface area contributed by atoms with E-state index in [2.05, 4.69) is 21.4 Å². The van der Waals surface area contributed by atoms with E-state index in [1.807, 2.05) is 27.0 Å². The average Bonchev–Trinajstić information content (AvgIpc) is 2.37. The van der Waals surface area contributed by atoms with Crippen LogP contribution < -0.4 is 5.32 Å². The second-order valence-corrected chi connectivity index (χ2v) is 4.64. The molecule has 19 heavy (non-hydrogen) atoms. The number of hydrogen-bond acceptors (Lipinski definition) is 3. The molecule has 0 aliphatic heterocycles. The Morgan fingerprint density at radius 3 is 2.63 bits per heavy atom. The average molecular weight is 259 g/mol. The molecule has 2 heterocycles. The summed E-state index contributed by atoms with van der Waals surface area (Å²) in [5, 5.41) is 3.33. The van der Waals surface area contributed by atoms with Gasteiger partial charge in [0.05, 0.1) is 17.9 Å². The summed E-state index contributed by atoms with van der Waals surface area (Å²) in [5.41, 5.74) is 3.92. The molecule has 2 aromatic rings. The Morgan fingerprint density at radius 2 is 2.00 bits per heavy atom. The van der Waals surface area contributed by atoms with Crippen LogP contribution in [0.4, 0.5) is 4.39 Å². The highest BCUT2D eigenvalue weighted by Crippen LogP contribution is 2.23. The van der Waals surface area contributed by atoms with Crippen molar-refractivity contribution >= 4 is 0 Å². The molecule has 2 aromatic heterocycles. The Labute approximate surface area is 112 Å². The quantitative estimate of drug-likeness (QED) is 0.917. The molecule has 100 valence electrons. The molecule has 0 saturated carbocycles. The van der Waals surface area contributed by atoms with E-state index in [0.717, 1.165) is 28.9 Å². The zero-order valence-corrected chi connectivity index (χ0v) is 11.4. The van der Waals surface area contributed by atoms with Crippen molar-refractivity contribution in [2.24, 2.45) is 0 Å². The van der Waals surface area contributed by atoms with Crippen molar-refractivity contribution in [1.29, 1.82) is 0 Å². The van der Waals surface area contributed by atoms with Gasteiger partial charge in [0.1, 0.15) is 5.82 Å². The molecule has 0 aliphatic carbocycles. The third kappa shape index (κ3) is 3.15. The molecule has 0 saturated heterocycles. The van der Waals surface area contributed by atoms with E-state index in [1.165, 1.54) is 12.3 Å². The largest absolute Gasteiger partial charge is 0.305 e. The molecular formula is C15H18FN3. The minimum absolute atomic E-state index is 0.131. The van der Waals surface area contributed by atoms with Gasteiger partial charge in [-0.3, -0.25) is 9.97 Å². The molecule has 1 N–H and O–H groups in total. The molecule has 0 aromatic carbocycles. The molecule has 3 nitrogen and oxygen atoms in total. The van der Waals surface area contributed by atoms with Crippen LogP contribution in [0.1, 0.15) is 35.3 Å². The molecule has 0 aliphatic rings. The van der Waals surface area contributed by atoms with Gasteiger partial charge in [0.2, 0.25) is 0 Å². The maximum Gasteiger partial charge on any atom is 0.141 e. The standard InChI is InChI=1S/C15H18FN3/c1-4-18-15(12-6-13(16)9-17-8-12)14-11(3)5-10(2)7-19-14/h5-9,15,18H,4H2,1-3H3. The first kappa shape index (κ1) is 13.6. The second-order valence-electron chi connectivity index (χ2n) is 4.64. The Morgan fingerprint density at radius 1 is 1.21 bits per heavy atom. The minimum atomic E-state index is -0.329. The Bertz CT molecular complexity index is 569. The lowest BCUT2D eigenvalue weighted by Gasteiger charge is -2.19. The summed E-state index contributed by atoms with van der Waals surface area (Å²) in [5.74, 6) is -0.329. The van der Waals surface area contributed by atoms with Crippen LogP contribution in [0.5, 0.6) is 0 Å². The van der Waals surface area contributed by atoms with Gasteiger partial charge in [-0.2, -0.15) is 0 Å². The second kappa shape index (κ2) is 5.89. The highest BCUT2D eigenvalue weighted by Gasteiger charge is 2.17. The molecule has 0 radical (unpaired) electrons. The first-order chi connectivity index (χ1) is 9.11. The van der Waals surface area contributed by atoms with Crippen molar-refractivity contribution in [3.63, 3.8) is 0 Å². The van der Waals surface area contributed by atoms with E-state index in [0.29, 0.717) is 0 Å². The van der Waals surface area contributed by atoms with Crippen LogP contribution in [-0.4, -0.2) is 16.5 Å². The van der Waals surface area contributed by atoms with Crippen molar-refractivity contribution in [3.05, 3.63) is 58.9 Å². The Hall–Kier alpha value is -1.81. The molecule has 0 amide bonds. The fraction of sp³-hybridized carbons (Fsp3) is 0.333. The first-order valence-corrected chi connectivity index (χ1v) is 6.38. The number of aromatic nitrogens is 2. The monoisotopic (exact) mass is 259 g/mol. The normalized spacial score (nSPS) is 12.4. The summed E-state index contributed by atoms with van der Waals surface area (Å²) < 4.78 is 13.3. The Kier molecular flexibility index (Phi) is 4.22. The number of pyridine rings is 2. The van der Waals surface area contributed by atoms with Crippen molar-refractivity contribution < 1.29 is 4.39 Å². The fourth-order valence-corrected chi connectivity index (χ4v) is 2.19. The first-order valence-electron chi connectivity index (χ1n) is 6.38. The third-order valence-electron chi connectivity index (χ3n) is 3.00.